The molecule has 76 valence electrons. The number of hydrogen-bond acceptors (Lipinski definition) is 2. The lowest BCUT2D eigenvalue weighted by molar-refractivity contribution is 0.00832. The molecule has 2 nitrogen and oxygen atoms in total. The van der Waals surface area contributed by atoms with Gasteiger partial charge in [0.1, 0.15) is 0 Å². The van der Waals surface area contributed by atoms with E-state index in [4.69, 9.17) is 0 Å². The Kier molecular flexibility index (Phi) is 2.37. The maximum Gasteiger partial charge on any atom is 0.00342 e. The SMILES string of the molecule is CC(C)(C)C1CN(CC2CNC2)C1. The Morgan fingerprint density at radius 1 is 1.23 bits per heavy atom. The summed E-state index contributed by atoms with van der Waals surface area (Å²) >= 11 is 0. The minimum absolute atomic E-state index is 0.522. The van der Waals surface area contributed by atoms with E-state index in [1.54, 1.807) is 0 Å². The maximum absolute atomic E-state index is 3.33. The van der Waals surface area contributed by atoms with Gasteiger partial charge in [-0.3, -0.25) is 0 Å². The predicted molar refractivity (Wildman–Crippen MR) is 55.7 cm³/mol. The molecule has 0 spiro atoms. The highest BCUT2D eigenvalue weighted by atomic mass is 15.2. The molecule has 13 heavy (non-hydrogen) atoms. The first-order valence-corrected chi connectivity index (χ1v) is 5.49. The molecular weight excluding hydrogens is 160 g/mol. The summed E-state index contributed by atoms with van der Waals surface area (Å²) in [6, 6.07) is 0. The molecule has 2 heterocycles. The summed E-state index contributed by atoms with van der Waals surface area (Å²) in [5.74, 6) is 1.88. The zero-order valence-corrected chi connectivity index (χ0v) is 9.14. The van der Waals surface area contributed by atoms with E-state index in [0.29, 0.717) is 5.41 Å². The van der Waals surface area contributed by atoms with Crippen molar-refractivity contribution in [1.82, 2.24) is 10.2 Å². The average Bonchev–Trinajstić information content (AvgIpc) is 1.76. The third kappa shape index (κ3) is 2.05. The molecule has 0 radical (unpaired) electrons. The van der Waals surface area contributed by atoms with Crippen LogP contribution in [0.4, 0.5) is 0 Å². The maximum atomic E-state index is 3.33. The largest absolute Gasteiger partial charge is 0.316 e. The van der Waals surface area contributed by atoms with Gasteiger partial charge < -0.3 is 10.2 Å². The van der Waals surface area contributed by atoms with Crippen LogP contribution in [-0.4, -0.2) is 37.6 Å². The summed E-state index contributed by atoms with van der Waals surface area (Å²) in [7, 11) is 0. The molecule has 0 amide bonds. The molecule has 2 rings (SSSR count). The van der Waals surface area contributed by atoms with Crippen LogP contribution in [0.2, 0.25) is 0 Å². The van der Waals surface area contributed by atoms with Gasteiger partial charge in [0, 0.05) is 32.7 Å². The van der Waals surface area contributed by atoms with Gasteiger partial charge in [0.2, 0.25) is 0 Å². The zero-order chi connectivity index (χ0) is 9.47. The highest BCUT2D eigenvalue weighted by molar-refractivity contribution is 4.90. The van der Waals surface area contributed by atoms with Crippen LogP contribution >= 0.6 is 0 Å². The van der Waals surface area contributed by atoms with Crippen LogP contribution in [0, 0.1) is 17.3 Å². The first-order chi connectivity index (χ1) is 6.05. The number of nitrogens with one attached hydrogen (secondary N) is 1. The molecule has 2 fully saturated rings. The van der Waals surface area contributed by atoms with Gasteiger partial charge in [0.25, 0.3) is 0 Å². The van der Waals surface area contributed by atoms with E-state index in [-0.39, 0.29) is 0 Å². The van der Waals surface area contributed by atoms with Crippen molar-refractivity contribution < 1.29 is 0 Å². The third-order valence-electron chi connectivity index (χ3n) is 3.56. The number of likely N-dealkylation sites (tertiary alicyclic amines) is 1. The van der Waals surface area contributed by atoms with Crippen LogP contribution < -0.4 is 5.32 Å². The summed E-state index contributed by atoms with van der Waals surface area (Å²) in [6.07, 6.45) is 0. The van der Waals surface area contributed by atoms with Crippen molar-refractivity contribution in [3.8, 4) is 0 Å². The van der Waals surface area contributed by atoms with Gasteiger partial charge in [-0.1, -0.05) is 20.8 Å². The van der Waals surface area contributed by atoms with Gasteiger partial charge in [0.15, 0.2) is 0 Å². The first kappa shape index (κ1) is 9.47. The summed E-state index contributed by atoms with van der Waals surface area (Å²) < 4.78 is 0. The summed E-state index contributed by atoms with van der Waals surface area (Å²) in [4.78, 5) is 2.61. The molecule has 1 N–H and O–H groups in total. The Balaban J connectivity index is 1.66. The molecule has 0 aromatic heterocycles. The second-order valence-corrected chi connectivity index (χ2v) is 5.81. The van der Waals surface area contributed by atoms with Crippen molar-refractivity contribution in [1.29, 1.82) is 0 Å². The quantitative estimate of drug-likeness (QED) is 0.690. The van der Waals surface area contributed by atoms with E-state index in [2.05, 4.69) is 31.0 Å². The van der Waals surface area contributed by atoms with E-state index >= 15 is 0 Å². The molecule has 2 aliphatic rings. The summed E-state index contributed by atoms with van der Waals surface area (Å²) in [6.45, 7) is 13.6. The van der Waals surface area contributed by atoms with Crippen LogP contribution in [0.3, 0.4) is 0 Å². The topological polar surface area (TPSA) is 15.3 Å². The van der Waals surface area contributed by atoms with Crippen LogP contribution in [0.25, 0.3) is 0 Å². The molecule has 0 atom stereocenters. The van der Waals surface area contributed by atoms with Gasteiger partial charge in [-0.05, 0) is 17.3 Å². The van der Waals surface area contributed by atoms with E-state index in [1.807, 2.05) is 0 Å². The lowest BCUT2D eigenvalue weighted by Gasteiger charge is -2.48. The second-order valence-electron chi connectivity index (χ2n) is 5.81. The smallest absolute Gasteiger partial charge is 0.00342 e. The molecule has 0 unspecified atom stereocenters. The van der Waals surface area contributed by atoms with E-state index in [1.165, 1.54) is 32.7 Å². The molecular formula is C11H22N2. The standard InChI is InChI=1S/C11H22N2/c1-11(2,3)10-7-13(8-10)6-9-4-12-5-9/h9-10,12H,4-8H2,1-3H3. The van der Waals surface area contributed by atoms with Gasteiger partial charge in [0.05, 0.1) is 0 Å². The van der Waals surface area contributed by atoms with Crippen molar-refractivity contribution in [2.75, 3.05) is 32.7 Å². The molecule has 0 saturated carbocycles. The Morgan fingerprint density at radius 2 is 1.85 bits per heavy atom. The van der Waals surface area contributed by atoms with Crippen LogP contribution in [0.1, 0.15) is 20.8 Å². The van der Waals surface area contributed by atoms with Crippen molar-refractivity contribution in [2.45, 2.75) is 20.8 Å². The lowest BCUT2D eigenvalue weighted by Crippen LogP contribution is -2.57. The first-order valence-electron chi connectivity index (χ1n) is 5.49. The predicted octanol–water partition coefficient (Wildman–Crippen LogP) is 1.18. The fourth-order valence-corrected chi connectivity index (χ4v) is 2.11. The average molecular weight is 182 g/mol. The Hall–Kier alpha value is -0.0800. The monoisotopic (exact) mass is 182 g/mol. The Bertz CT molecular complexity index is 173. The molecule has 2 saturated heterocycles. The number of nitrogens with zero attached hydrogens (tertiary/aromatic N) is 1. The normalized spacial score (nSPS) is 27.0. The summed E-state index contributed by atoms with van der Waals surface area (Å²) in [5, 5.41) is 3.33. The molecule has 0 bridgehead atoms. The summed E-state index contributed by atoms with van der Waals surface area (Å²) in [5.41, 5.74) is 0.522. The van der Waals surface area contributed by atoms with Gasteiger partial charge in [-0.25, -0.2) is 0 Å². The third-order valence-corrected chi connectivity index (χ3v) is 3.56. The molecule has 0 aliphatic carbocycles. The zero-order valence-electron chi connectivity index (χ0n) is 9.14. The second kappa shape index (κ2) is 3.25. The molecule has 2 heteroatoms. The van der Waals surface area contributed by atoms with Crippen LogP contribution in [0.15, 0.2) is 0 Å². The molecule has 0 aromatic carbocycles. The van der Waals surface area contributed by atoms with Gasteiger partial charge >= 0.3 is 0 Å². The van der Waals surface area contributed by atoms with E-state index in [0.717, 1.165) is 11.8 Å². The highest BCUT2D eigenvalue weighted by Crippen LogP contribution is 2.33. The van der Waals surface area contributed by atoms with E-state index in [9.17, 15) is 0 Å². The number of rotatable bonds is 2. The van der Waals surface area contributed by atoms with Crippen molar-refractivity contribution in [2.24, 2.45) is 17.3 Å². The minimum atomic E-state index is 0.522. The highest BCUT2D eigenvalue weighted by Gasteiger charge is 2.36. The number of hydrogen-bond donors (Lipinski definition) is 1. The fraction of sp³-hybridized carbons (Fsp3) is 1.00. The van der Waals surface area contributed by atoms with Crippen molar-refractivity contribution in [3.05, 3.63) is 0 Å². The van der Waals surface area contributed by atoms with Crippen molar-refractivity contribution >= 4 is 0 Å². The van der Waals surface area contributed by atoms with Gasteiger partial charge in [-0.15, -0.1) is 0 Å². The lowest BCUT2D eigenvalue weighted by atomic mass is 9.75. The molecule has 2 aliphatic heterocycles. The van der Waals surface area contributed by atoms with E-state index < -0.39 is 0 Å². The van der Waals surface area contributed by atoms with Crippen LogP contribution in [0.5, 0.6) is 0 Å². The fourth-order valence-electron chi connectivity index (χ4n) is 2.11. The Morgan fingerprint density at radius 3 is 2.23 bits per heavy atom. The Labute approximate surface area is 81.7 Å². The van der Waals surface area contributed by atoms with Gasteiger partial charge in [-0.2, -0.15) is 0 Å². The molecule has 0 aromatic rings. The van der Waals surface area contributed by atoms with Crippen molar-refractivity contribution in [3.63, 3.8) is 0 Å². The minimum Gasteiger partial charge on any atom is -0.316 e. The van der Waals surface area contributed by atoms with Crippen LogP contribution in [-0.2, 0) is 0 Å².